The molecule has 4 saturated carbocycles. The van der Waals surface area contributed by atoms with E-state index in [4.69, 9.17) is 13.8 Å². The summed E-state index contributed by atoms with van der Waals surface area (Å²) in [7, 11) is 2.04. The number of hydrogen-bond acceptors (Lipinski definition) is 5. The summed E-state index contributed by atoms with van der Waals surface area (Å²) < 4.78 is 29.5. The Morgan fingerprint density at radius 2 is 1.52 bits per heavy atom. The van der Waals surface area contributed by atoms with E-state index in [2.05, 4.69) is 41.5 Å². The molecule has 0 aromatic heterocycles. The average Bonchev–Trinajstić information content (AvgIpc) is 3.27. The number of likely N-dealkylation sites (N-methyl/N-ethyl adjacent to an activating group) is 1. The number of ether oxygens (including phenoxy) is 1. The molecule has 4 aliphatic carbocycles. The largest absolute Gasteiger partial charge is 0.870 e. The van der Waals surface area contributed by atoms with Gasteiger partial charge in [0.2, 0.25) is 0 Å². The van der Waals surface area contributed by atoms with Crippen LogP contribution in [0.1, 0.15) is 119 Å². The van der Waals surface area contributed by atoms with Gasteiger partial charge < -0.3 is 19.6 Å². The van der Waals surface area contributed by atoms with Crippen LogP contribution in [0.3, 0.4) is 0 Å². The number of phosphoric ester groups is 1. The molecule has 4 fully saturated rings. The summed E-state index contributed by atoms with van der Waals surface area (Å²) in [6.07, 6.45) is 16.4. The van der Waals surface area contributed by atoms with Gasteiger partial charge >= 0.3 is 7.82 Å². The third kappa shape index (κ3) is 8.91. The van der Waals surface area contributed by atoms with Gasteiger partial charge in [0.05, 0.1) is 40.5 Å². The van der Waals surface area contributed by atoms with Gasteiger partial charge in [-0.15, -0.1) is 0 Å². The van der Waals surface area contributed by atoms with E-state index >= 15 is 0 Å². The lowest BCUT2D eigenvalue weighted by atomic mass is 9.44. The van der Waals surface area contributed by atoms with Crippen molar-refractivity contribution in [3.05, 3.63) is 0 Å². The topological polar surface area (TPSA) is 95.0 Å². The third-order valence-corrected chi connectivity index (χ3v) is 14.6. The van der Waals surface area contributed by atoms with E-state index in [1.807, 2.05) is 21.1 Å². The highest BCUT2D eigenvalue weighted by Gasteiger charge is 2.60. The Bertz CT molecular complexity index is 940. The van der Waals surface area contributed by atoms with Crippen LogP contribution >= 0.6 is 7.82 Å². The van der Waals surface area contributed by atoms with Crippen molar-refractivity contribution in [1.29, 1.82) is 0 Å². The fourth-order valence-electron chi connectivity index (χ4n) is 10.9. The van der Waals surface area contributed by atoms with E-state index in [-0.39, 0.29) is 24.8 Å². The van der Waals surface area contributed by atoms with Crippen molar-refractivity contribution in [3.8, 4) is 0 Å². The summed E-state index contributed by atoms with van der Waals surface area (Å²) in [5.74, 6) is 6.92. The Balaban J connectivity index is 0.00000529. The first kappa shape index (κ1) is 38.4. The molecule has 8 heteroatoms. The zero-order chi connectivity index (χ0) is 31.6. The molecule has 7 nitrogen and oxygen atoms in total. The van der Waals surface area contributed by atoms with Crippen molar-refractivity contribution >= 4 is 7.82 Å². The number of quaternary nitrogens is 1. The number of nitrogens with zero attached hydrogens (tertiary/aromatic N) is 1. The van der Waals surface area contributed by atoms with Crippen LogP contribution < -0.4 is 0 Å². The Morgan fingerprint density at radius 3 is 2.18 bits per heavy atom. The van der Waals surface area contributed by atoms with Gasteiger partial charge in [-0.3, -0.25) is 9.05 Å². The van der Waals surface area contributed by atoms with Crippen molar-refractivity contribution < 1.29 is 33.2 Å². The van der Waals surface area contributed by atoms with E-state index in [0.717, 1.165) is 60.2 Å². The molecule has 0 amide bonds. The van der Waals surface area contributed by atoms with Crippen LogP contribution in [0, 0.1) is 58.2 Å². The van der Waals surface area contributed by atoms with Crippen LogP contribution in [0.4, 0.5) is 0 Å². The van der Waals surface area contributed by atoms with Crippen molar-refractivity contribution in [2.45, 2.75) is 125 Å². The normalized spacial score (nSPS) is 38.2. The lowest BCUT2D eigenvalue weighted by Crippen LogP contribution is -2.54. The molecule has 260 valence electrons. The van der Waals surface area contributed by atoms with Crippen LogP contribution in [-0.2, 0) is 18.3 Å². The van der Waals surface area contributed by atoms with Gasteiger partial charge in [0.15, 0.2) is 0 Å². The summed E-state index contributed by atoms with van der Waals surface area (Å²) in [5, 5.41) is 0. The molecule has 0 aliphatic heterocycles. The van der Waals surface area contributed by atoms with E-state index in [1.165, 1.54) is 64.2 Å². The number of rotatable bonds is 15. The summed E-state index contributed by atoms with van der Waals surface area (Å²) >= 11 is 0. The Kier molecular flexibility index (Phi) is 13.5. The van der Waals surface area contributed by atoms with E-state index in [9.17, 15) is 9.46 Å². The monoisotopic (exact) mass is 643 g/mol. The van der Waals surface area contributed by atoms with Gasteiger partial charge in [-0.1, -0.05) is 54.4 Å². The minimum absolute atomic E-state index is 0. The SMILES string of the molecule is CC[C@H](CC[C@@H](C)[C@H]1CC[C@H]2[C@@H]3CCC4CC(OCCOP(=O)(O)OCC[N+](C)(C)C)CC[C@]4(C)[C@H]3CC[C@]12C)C(C)C.[OH-]. The second-order valence-electron chi connectivity index (χ2n) is 17.3. The summed E-state index contributed by atoms with van der Waals surface area (Å²) in [4.78, 5) is 10.0. The molecular formula is C36H70NO6P. The first-order chi connectivity index (χ1) is 20.1. The highest BCUT2D eigenvalue weighted by atomic mass is 31.2. The molecule has 0 bridgehead atoms. The van der Waals surface area contributed by atoms with Crippen molar-refractivity contribution in [1.82, 2.24) is 0 Å². The van der Waals surface area contributed by atoms with Crippen LogP contribution in [0.25, 0.3) is 0 Å². The molecule has 0 aromatic rings. The fraction of sp³-hybridized carbons (Fsp3) is 1.00. The summed E-state index contributed by atoms with van der Waals surface area (Å²) in [6.45, 7) is 16.4. The molecule has 11 atom stereocenters. The maximum absolute atomic E-state index is 12.2. The highest BCUT2D eigenvalue weighted by Crippen LogP contribution is 2.68. The third-order valence-electron chi connectivity index (χ3n) is 13.5. The predicted octanol–water partition coefficient (Wildman–Crippen LogP) is 8.79. The molecule has 2 N–H and O–H groups in total. The van der Waals surface area contributed by atoms with Gasteiger partial charge in [-0.2, -0.15) is 0 Å². The Hall–Kier alpha value is -0.0100. The predicted molar refractivity (Wildman–Crippen MR) is 179 cm³/mol. The van der Waals surface area contributed by atoms with E-state index < -0.39 is 7.82 Å². The number of hydrogen-bond donors (Lipinski definition) is 1. The van der Waals surface area contributed by atoms with E-state index in [1.54, 1.807) is 0 Å². The molecule has 0 spiro atoms. The molecule has 0 aromatic carbocycles. The first-order valence-electron chi connectivity index (χ1n) is 18.1. The Labute approximate surface area is 271 Å². The first-order valence-corrected chi connectivity index (χ1v) is 19.6. The smallest absolute Gasteiger partial charge is 0.472 e. The van der Waals surface area contributed by atoms with Gasteiger partial charge in [0, 0.05) is 0 Å². The molecule has 3 unspecified atom stereocenters. The highest BCUT2D eigenvalue weighted by molar-refractivity contribution is 7.47. The average molecular weight is 644 g/mol. The van der Waals surface area contributed by atoms with Gasteiger partial charge in [-0.25, -0.2) is 4.57 Å². The fourth-order valence-corrected chi connectivity index (χ4v) is 11.6. The zero-order valence-electron chi connectivity index (χ0n) is 29.9. The number of phosphoric acid groups is 1. The molecular weight excluding hydrogens is 573 g/mol. The van der Waals surface area contributed by atoms with Gasteiger partial charge in [0.25, 0.3) is 0 Å². The minimum Gasteiger partial charge on any atom is -0.870 e. The zero-order valence-corrected chi connectivity index (χ0v) is 30.8. The van der Waals surface area contributed by atoms with Crippen LogP contribution in [0.2, 0.25) is 0 Å². The Morgan fingerprint density at radius 1 is 0.864 bits per heavy atom. The van der Waals surface area contributed by atoms with Crippen LogP contribution in [-0.4, -0.2) is 68.5 Å². The minimum atomic E-state index is -4.03. The molecule has 44 heavy (non-hydrogen) atoms. The van der Waals surface area contributed by atoms with Gasteiger partial charge in [0.1, 0.15) is 13.2 Å². The second kappa shape index (κ2) is 15.5. The molecule has 0 saturated heterocycles. The van der Waals surface area contributed by atoms with Crippen molar-refractivity contribution in [2.75, 3.05) is 47.5 Å². The van der Waals surface area contributed by atoms with E-state index in [0.29, 0.717) is 28.5 Å². The lowest BCUT2D eigenvalue weighted by molar-refractivity contribution is -0.870. The lowest BCUT2D eigenvalue weighted by Gasteiger charge is -2.61. The molecule has 0 radical (unpaired) electrons. The quantitative estimate of drug-likeness (QED) is 0.109. The van der Waals surface area contributed by atoms with Crippen LogP contribution in [0.5, 0.6) is 0 Å². The molecule has 4 rings (SSSR count). The maximum Gasteiger partial charge on any atom is 0.472 e. The summed E-state index contributed by atoms with van der Waals surface area (Å²) in [6, 6.07) is 0. The number of fused-ring (bicyclic) bond motifs is 5. The van der Waals surface area contributed by atoms with Crippen molar-refractivity contribution in [3.63, 3.8) is 0 Å². The van der Waals surface area contributed by atoms with Crippen LogP contribution in [0.15, 0.2) is 0 Å². The molecule has 0 heterocycles. The summed E-state index contributed by atoms with van der Waals surface area (Å²) in [5.41, 5.74) is 0.988. The van der Waals surface area contributed by atoms with Gasteiger partial charge in [-0.05, 0) is 122 Å². The maximum atomic E-state index is 12.2. The molecule has 4 aliphatic rings. The van der Waals surface area contributed by atoms with Crippen molar-refractivity contribution in [2.24, 2.45) is 58.2 Å². The standard InChI is InChI=1S/C36H68NO5P.H2O/c1-10-28(26(2)3)12-11-27(4)32-15-16-33-31-14-13-29-25-30(17-19-35(29,5)34(31)18-20-36(32,33)6)40-23-24-42-43(38,39)41-22-21-37(7,8)9;/h26-34H,10-25H2,1-9H3;1H2/t27-,28-,29?,30?,31+,32-,33+,34+,35+,36-;/m1./s1. The second-order valence-corrected chi connectivity index (χ2v) is 18.7.